The molecule has 0 aliphatic carbocycles. The molecular weight excluding hydrogens is 198 g/mol. The maximum absolute atomic E-state index is 5.57. The van der Waals surface area contributed by atoms with Crippen molar-refractivity contribution < 1.29 is 4.74 Å². The van der Waals surface area contributed by atoms with Crippen LogP contribution in [0.3, 0.4) is 0 Å². The zero-order valence-electron chi connectivity index (χ0n) is 9.23. The van der Waals surface area contributed by atoms with Gasteiger partial charge in [-0.15, -0.1) is 11.8 Å². The SMILES string of the molecule is CC#CCCOc1ccc2cccnc2c1. The minimum Gasteiger partial charge on any atom is -0.493 e. The number of ether oxygens (including phenoxy) is 1. The highest BCUT2D eigenvalue weighted by molar-refractivity contribution is 5.79. The average molecular weight is 211 g/mol. The first-order chi connectivity index (χ1) is 7.90. The highest BCUT2D eigenvalue weighted by atomic mass is 16.5. The van der Waals surface area contributed by atoms with Crippen LogP contribution >= 0.6 is 0 Å². The Labute approximate surface area is 95.3 Å². The normalized spacial score (nSPS) is 9.56. The molecule has 2 nitrogen and oxygen atoms in total. The Hall–Kier alpha value is -2.01. The van der Waals surface area contributed by atoms with Gasteiger partial charge in [0.15, 0.2) is 0 Å². The number of benzene rings is 1. The molecule has 0 radical (unpaired) electrons. The van der Waals surface area contributed by atoms with Gasteiger partial charge in [0.2, 0.25) is 0 Å². The standard InChI is InChI=1S/C14H13NO/c1-2-3-4-10-16-13-8-7-12-6-5-9-15-14(12)11-13/h5-9,11H,4,10H2,1H3. The van der Waals surface area contributed by atoms with Crippen molar-refractivity contribution in [3.8, 4) is 17.6 Å². The van der Waals surface area contributed by atoms with Crippen LogP contribution < -0.4 is 4.74 Å². The van der Waals surface area contributed by atoms with Gasteiger partial charge in [-0.25, -0.2) is 0 Å². The first-order valence-corrected chi connectivity index (χ1v) is 5.27. The number of aromatic nitrogens is 1. The summed E-state index contributed by atoms with van der Waals surface area (Å²) in [7, 11) is 0. The van der Waals surface area contributed by atoms with Crippen LogP contribution in [0.2, 0.25) is 0 Å². The lowest BCUT2D eigenvalue weighted by Crippen LogP contribution is -1.95. The molecule has 2 heteroatoms. The molecule has 0 saturated carbocycles. The van der Waals surface area contributed by atoms with E-state index in [4.69, 9.17) is 4.74 Å². The topological polar surface area (TPSA) is 22.1 Å². The smallest absolute Gasteiger partial charge is 0.121 e. The van der Waals surface area contributed by atoms with Gasteiger partial charge >= 0.3 is 0 Å². The number of pyridine rings is 1. The number of hydrogen-bond acceptors (Lipinski definition) is 2. The summed E-state index contributed by atoms with van der Waals surface area (Å²) in [6, 6.07) is 9.90. The summed E-state index contributed by atoms with van der Waals surface area (Å²) in [6.07, 6.45) is 2.55. The summed E-state index contributed by atoms with van der Waals surface area (Å²) < 4.78 is 5.57. The van der Waals surface area contributed by atoms with Crippen LogP contribution in [-0.4, -0.2) is 11.6 Å². The van der Waals surface area contributed by atoms with Crippen molar-refractivity contribution in [3.05, 3.63) is 36.5 Å². The first-order valence-electron chi connectivity index (χ1n) is 5.27. The minimum atomic E-state index is 0.624. The molecule has 1 aromatic carbocycles. The second-order valence-corrected chi connectivity index (χ2v) is 3.38. The molecule has 0 fully saturated rings. The van der Waals surface area contributed by atoms with Gasteiger partial charge in [0.05, 0.1) is 12.1 Å². The lowest BCUT2D eigenvalue weighted by Gasteiger charge is -2.04. The predicted octanol–water partition coefficient (Wildman–Crippen LogP) is 3.03. The van der Waals surface area contributed by atoms with E-state index in [1.54, 1.807) is 6.20 Å². The second kappa shape index (κ2) is 5.18. The lowest BCUT2D eigenvalue weighted by molar-refractivity contribution is 0.327. The highest BCUT2D eigenvalue weighted by Gasteiger charge is 1.96. The number of hydrogen-bond donors (Lipinski definition) is 0. The summed E-state index contributed by atoms with van der Waals surface area (Å²) in [5.74, 6) is 6.66. The van der Waals surface area contributed by atoms with E-state index in [1.165, 1.54) is 0 Å². The van der Waals surface area contributed by atoms with Crippen molar-refractivity contribution in [3.63, 3.8) is 0 Å². The van der Waals surface area contributed by atoms with Gasteiger partial charge in [-0.2, -0.15) is 0 Å². The Morgan fingerprint density at radius 1 is 1.31 bits per heavy atom. The summed E-state index contributed by atoms with van der Waals surface area (Å²) in [4.78, 5) is 4.28. The zero-order chi connectivity index (χ0) is 11.2. The molecule has 1 aromatic heterocycles. The van der Waals surface area contributed by atoms with Gasteiger partial charge < -0.3 is 4.74 Å². The molecule has 0 aliphatic rings. The maximum Gasteiger partial charge on any atom is 0.121 e. The molecule has 0 unspecified atom stereocenters. The van der Waals surface area contributed by atoms with E-state index < -0.39 is 0 Å². The van der Waals surface area contributed by atoms with E-state index in [1.807, 2.05) is 37.3 Å². The van der Waals surface area contributed by atoms with E-state index in [9.17, 15) is 0 Å². The van der Waals surface area contributed by atoms with Crippen molar-refractivity contribution in [2.45, 2.75) is 13.3 Å². The van der Waals surface area contributed by atoms with Crippen molar-refractivity contribution in [2.75, 3.05) is 6.61 Å². The quantitative estimate of drug-likeness (QED) is 0.575. The van der Waals surface area contributed by atoms with Crippen LogP contribution in [0.1, 0.15) is 13.3 Å². The van der Waals surface area contributed by atoms with Gasteiger partial charge in [-0.05, 0) is 25.1 Å². The van der Waals surface area contributed by atoms with Crippen LogP contribution in [0.5, 0.6) is 5.75 Å². The molecule has 0 spiro atoms. The van der Waals surface area contributed by atoms with Crippen LogP contribution in [0.25, 0.3) is 10.9 Å². The Kier molecular flexibility index (Phi) is 3.40. The van der Waals surface area contributed by atoms with Crippen molar-refractivity contribution >= 4 is 10.9 Å². The van der Waals surface area contributed by atoms with E-state index >= 15 is 0 Å². The van der Waals surface area contributed by atoms with Gasteiger partial charge in [0, 0.05) is 24.1 Å². The Morgan fingerprint density at radius 3 is 3.12 bits per heavy atom. The molecular formula is C14H13NO. The third-order valence-electron chi connectivity index (χ3n) is 2.25. The second-order valence-electron chi connectivity index (χ2n) is 3.38. The Morgan fingerprint density at radius 2 is 2.25 bits per heavy atom. The summed E-state index contributed by atoms with van der Waals surface area (Å²) in [5.41, 5.74) is 0.960. The molecule has 0 N–H and O–H groups in total. The Balaban J connectivity index is 2.09. The molecule has 2 rings (SSSR count). The average Bonchev–Trinajstić information content (AvgIpc) is 2.34. The molecule has 16 heavy (non-hydrogen) atoms. The molecule has 0 saturated heterocycles. The molecule has 1 heterocycles. The molecule has 2 aromatic rings. The largest absolute Gasteiger partial charge is 0.493 e. The van der Waals surface area contributed by atoms with E-state index in [0.717, 1.165) is 23.1 Å². The fourth-order valence-corrected chi connectivity index (χ4v) is 1.48. The van der Waals surface area contributed by atoms with Gasteiger partial charge in [0.25, 0.3) is 0 Å². The molecule has 0 atom stereocenters. The van der Waals surface area contributed by atoms with Crippen LogP contribution in [-0.2, 0) is 0 Å². The van der Waals surface area contributed by atoms with Crippen LogP contribution in [0.4, 0.5) is 0 Å². The Bertz CT molecular complexity index is 537. The van der Waals surface area contributed by atoms with Crippen molar-refractivity contribution in [1.82, 2.24) is 4.98 Å². The van der Waals surface area contributed by atoms with Crippen LogP contribution in [0, 0.1) is 11.8 Å². The molecule has 0 bridgehead atoms. The molecule has 0 aliphatic heterocycles. The summed E-state index contributed by atoms with van der Waals surface area (Å²) >= 11 is 0. The summed E-state index contributed by atoms with van der Waals surface area (Å²) in [5, 5.41) is 1.13. The molecule has 0 amide bonds. The van der Waals surface area contributed by atoms with E-state index in [-0.39, 0.29) is 0 Å². The first kappa shape index (κ1) is 10.5. The predicted molar refractivity (Wildman–Crippen MR) is 65.3 cm³/mol. The molecule has 80 valence electrons. The maximum atomic E-state index is 5.57. The highest BCUT2D eigenvalue weighted by Crippen LogP contribution is 2.18. The van der Waals surface area contributed by atoms with E-state index in [2.05, 4.69) is 16.8 Å². The van der Waals surface area contributed by atoms with E-state index in [0.29, 0.717) is 6.61 Å². The number of rotatable bonds is 3. The van der Waals surface area contributed by atoms with Crippen molar-refractivity contribution in [2.24, 2.45) is 0 Å². The number of fused-ring (bicyclic) bond motifs is 1. The third kappa shape index (κ3) is 2.52. The monoisotopic (exact) mass is 211 g/mol. The van der Waals surface area contributed by atoms with Gasteiger partial charge in [0.1, 0.15) is 5.75 Å². The minimum absolute atomic E-state index is 0.624. The fraction of sp³-hybridized carbons (Fsp3) is 0.214. The van der Waals surface area contributed by atoms with Gasteiger partial charge in [-0.1, -0.05) is 6.07 Å². The number of nitrogens with zero attached hydrogens (tertiary/aromatic N) is 1. The third-order valence-corrected chi connectivity index (χ3v) is 2.25. The summed E-state index contributed by atoms with van der Waals surface area (Å²) in [6.45, 7) is 2.46. The van der Waals surface area contributed by atoms with Gasteiger partial charge in [-0.3, -0.25) is 4.98 Å². The van der Waals surface area contributed by atoms with Crippen molar-refractivity contribution in [1.29, 1.82) is 0 Å². The van der Waals surface area contributed by atoms with Crippen LogP contribution in [0.15, 0.2) is 36.5 Å². The fourth-order valence-electron chi connectivity index (χ4n) is 1.48. The zero-order valence-corrected chi connectivity index (χ0v) is 9.23. The lowest BCUT2D eigenvalue weighted by atomic mass is 10.2.